The molecular formula is C17H8Cl3F3O4. The maximum Gasteiger partial charge on any atom is 0.430 e. The van der Waals surface area contributed by atoms with Crippen molar-refractivity contribution in [3.63, 3.8) is 0 Å². The predicted octanol–water partition coefficient (Wildman–Crippen LogP) is 6.23. The van der Waals surface area contributed by atoms with Gasteiger partial charge in [0.2, 0.25) is 6.10 Å². The van der Waals surface area contributed by atoms with Crippen LogP contribution < -0.4 is 9.47 Å². The Morgan fingerprint density at radius 3 is 2.44 bits per heavy atom. The molecule has 1 aliphatic heterocycles. The second-order valence-electron chi connectivity index (χ2n) is 5.42. The maximum absolute atomic E-state index is 13.2. The molecule has 1 N–H and O–H groups in total. The molecule has 0 spiro atoms. The van der Waals surface area contributed by atoms with Crippen molar-refractivity contribution in [3.05, 3.63) is 56.5 Å². The number of fused-ring (bicyclic) bond motifs is 1. The SMILES string of the molecule is O=C(O)C1=Cc2c(Oc3cccc(Cl)c3)c(Cl)cc(Cl)c2OC1C(F)(F)F. The number of aliphatic carboxylic acids is 1. The lowest BCUT2D eigenvalue weighted by atomic mass is 10.0. The Kier molecular flexibility index (Phi) is 5.20. The molecule has 1 aliphatic rings. The van der Waals surface area contributed by atoms with Gasteiger partial charge in [-0.1, -0.05) is 40.9 Å². The molecule has 4 nitrogen and oxygen atoms in total. The molecule has 0 fully saturated rings. The minimum absolute atomic E-state index is 0.0474. The highest BCUT2D eigenvalue weighted by molar-refractivity contribution is 6.37. The molecule has 1 unspecified atom stereocenters. The minimum Gasteiger partial charge on any atom is -0.478 e. The molecule has 0 amide bonds. The van der Waals surface area contributed by atoms with Crippen molar-refractivity contribution in [2.75, 3.05) is 0 Å². The van der Waals surface area contributed by atoms with Crippen LogP contribution in [-0.2, 0) is 4.79 Å². The van der Waals surface area contributed by atoms with E-state index in [0.29, 0.717) is 5.02 Å². The molecule has 0 aromatic heterocycles. The fourth-order valence-corrected chi connectivity index (χ4v) is 3.18. The van der Waals surface area contributed by atoms with Crippen LogP contribution >= 0.6 is 34.8 Å². The van der Waals surface area contributed by atoms with Gasteiger partial charge >= 0.3 is 12.1 Å². The highest BCUT2D eigenvalue weighted by Crippen LogP contribution is 2.48. The second-order valence-corrected chi connectivity index (χ2v) is 6.67. The van der Waals surface area contributed by atoms with Gasteiger partial charge in [-0.3, -0.25) is 0 Å². The van der Waals surface area contributed by atoms with Crippen molar-refractivity contribution in [1.29, 1.82) is 0 Å². The first kappa shape index (κ1) is 19.7. The third-order valence-electron chi connectivity index (χ3n) is 3.55. The lowest BCUT2D eigenvalue weighted by molar-refractivity contribution is -0.187. The van der Waals surface area contributed by atoms with Gasteiger partial charge in [0, 0.05) is 5.02 Å². The summed E-state index contributed by atoms with van der Waals surface area (Å²) in [5, 5.41) is 9.26. The Balaban J connectivity index is 2.18. The predicted molar refractivity (Wildman–Crippen MR) is 94.1 cm³/mol. The first-order valence-electron chi connectivity index (χ1n) is 7.21. The van der Waals surface area contributed by atoms with Crippen LogP contribution in [0.3, 0.4) is 0 Å². The van der Waals surface area contributed by atoms with E-state index >= 15 is 0 Å². The number of benzene rings is 2. The van der Waals surface area contributed by atoms with Crippen LogP contribution in [0.25, 0.3) is 6.08 Å². The Hall–Kier alpha value is -2.09. The van der Waals surface area contributed by atoms with Gasteiger partial charge in [0.25, 0.3) is 0 Å². The molecule has 0 aliphatic carbocycles. The number of ether oxygens (including phenoxy) is 2. The molecule has 2 aromatic carbocycles. The van der Waals surface area contributed by atoms with Gasteiger partial charge < -0.3 is 14.6 Å². The van der Waals surface area contributed by atoms with E-state index in [1.54, 1.807) is 12.1 Å². The van der Waals surface area contributed by atoms with Crippen molar-refractivity contribution in [3.8, 4) is 17.2 Å². The van der Waals surface area contributed by atoms with Crippen molar-refractivity contribution in [2.24, 2.45) is 0 Å². The number of hydrogen-bond donors (Lipinski definition) is 1. The highest BCUT2D eigenvalue weighted by Gasteiger charge is 2.49. The van der Waals surface area contributed by atoms with Crippen LogP contribution in [0.1, 0.15) is 5.56 Å². The lowest BCUT2D eigenvalue weighted by Gasteiger charge is -2.28. The topological polar surface area (TPSA) is 55.8 Å². The summed E-state index contributed by atoms with van der Waals surface area (Å²) in [4.78, 5) is 11.3. The zero-order valence-electron chi connectivity index (χ0n) is 13.0. The molecule has 0 saturated heterocycles. The first-order chi connectivity index (χ1) is 12.6. The standard InChI is InChI=1S/C17H8Cl3F3O4/c18-7-2-1-3-8(4-7)26-13-9-5-10(16(24)25)15(17(21,22)23)27-14(9)12(20)6-11(13)19/h1-6,15H,(H,24,25). The number of carboxylic acids is 1. The maximum atomic E-state index is 13.2. The summed E-state index contributed by atoms with van der Waals surface area (Å²) in [6.07, 6.45) is -6.85. The molecule has 2 aromatic rings. The Bertz CT molecular complexity index is 957. The summed E-state index contributed by atoms with van der Waals surface area (Å²) in [7, 11) is 0. The molecule has 3 rings (SSSR count). The number of carboxylic acid groups (broad SMARTS) is 1. The van der Waals surface area contributed by atoms with Gasteiger partial charge in [-0.25, -0.2) is 4.79 Å². The zero-order chi connectivity index (χ0) is 19.9. The molecule has 1 atom stereocenters. The van der Waals surface area contributed by atoms with Crippen LogP contribution in [0.5, 0.6) is 17.2 Å². The van der Waals surface area contributed by atoms with Crippen LogP contribution in [-0.4, -0.2) is 23.4 Å². The summed E-state index contributed by atoms with van der Waals surface area (Å²) in [6, 6.07) is 7.31. The first-order valence-corrected chi connectivity index (χ1v) is 8.35. The fraction of sp³-hybridized carbons (Fsp3) is 0.118. The smallest absolute Gasteiger partial charge is 0.430 e. The normalized spacial score (nSPS) is 16.2. The van der Waals surface area contributed by atoms with Crippen LogP contribution in [0, 0.1) is 0 Å². The summed E-state index contributed by atoms with van der Waals surface area (Å²) < 4.78 is 50.1. The van der Waals surface area contributed by atoms with E-state index in [0.717, 1.165) is 12.1 Å². The number of halogens is 6. The minimum atomic E-state index is -4.96. The Labute approximate surface area is 165 Å². The lowest BCUT2D eigenvalue weighted by Crippen LogP contribution is -2.40. The molecule has 0 radical (unpaired) electrons. The third kappa shape index (κ3) is 3.95. The Morgan fingerprint density at radius 2 is 1.85 bits per heavy atom. The zero-order valence-corrected chi connectivity index (χ0v) is 15.2. The molecular weight excluding hydrogens is 432 g/mol. The van der Waals surface area contributed by atoms with Crippen LogP contribution in [0.2, 0.25) is 15.1 Å². The molecule has 10 heteroatoms. The van der Waals surface area contributed by atoms with E-state index in [9.17, 15) is 23.1 Å². The fourth-order valence-electron chi connectivity index (χ4n) is 2.44. The van der Waals surface area contributed by atoms with Gasteiger partial charge in [0.05, 0.1) is 21.2 Å². The van der Waals surface area contributed by atoms with E-state index in [1.165, 1.54) is 12.1 Å². The second kappa shape index (κ2) is 7.14. The third-order valence-corrected chi connectivity index (χ3v) is 4.35. The van der Waals surface area contributed by atoms with Crippen LogP contribution in [0.15, 0.2) is 35.9 Å². The van der Waals surface area contributed by atoms with Gasteiger partial charge in [-0.15, -0.1) is 0 Å². The largest absolute Gasteiger partial charge is 0.478 e. The van der Waals surface area contributed by atoms with E-state index in [-0.39, 0.29) is 32.9 Å². The average molecular weight is 440 g/mol. The monoisotopic (exact) mass is 438 g/mol. The van der Waals surface area contributed by atoms with E-state index in [2.05, 4.69) is 0 Å². The summed E-state index contributed by atoms with van der Waals surface area (Å²) in [5.41, 5.74) is -1.14. The van der Waals surface area contributed by atoms with Gasteiger partial charge in [0.15, 0.2) is 5.75 Å². The average Bonchev–Trinajstić information content (AvgIpc) is 2.56. The van der Waals surface area contributed by atoms with Crippen molar-refractivity contribution in [1.82, 2.24) is 0 Å². The van der Waals surface area contributed by atoms with Gasteiger partial charge in [0.1, 0.15) is 11.5 Å². The summed E-state index contributed by atoms with van der Waals surface area (Å²) >= 11 is 18.0. The summed E-state index contributed by atoms with van der Waals surface area (Å²) in [5.74, 6) is -2.06. The van der Waals surface area contributed by atoms with Gasteiger partial charge in [-0.2, -0.15) is 13.2 Å². The summed E-state index contributed by atoms with van der Waals surface area (Å²) in [6.45, 7) is 0. The highest BCUT2D eigenvalue weighted by atomic mass is 35.5. The Morgan fingerprint density at radius 1 is 1.15 bits per heavy atom. The van der Waals surface area contributed by atoms with Crippen molar-refractivity contribution < 1.29 is 32.5 Å². The van der Waals surface area contributed by atoms with Gasteiger partial charge in [-0.05, 0) is 30.3 Å². The molecule has 0 bridgehead atoms. The number of hydrogen-bond acceptors (Lipinski definition) is 3. The molecule has 1 heterocycles. The number of alkyl halides is 3. The molecule has 0 saturated carbocycles. The molecule has 27 heavy (non-hydrogen) atoms. The van der Waals surface area contributed by atoms with E-state index < -0.39 is 23.8 Å². The number of rotatable bonds is 3. The van der Waals surface area contributed by atoms with Crippen molar-refractivity contribution >= 4 is 46.8 Å². The van der Waals surface area contributed by atoms with Crippen molar-refractivity contribution in [2.45, 2.75) is 12.3 Å². The molecule has 142 valence electrons. The quantitative estimate of drug-likeness (QED) is 0.616. The van der Waals surface area contributed by atoms with E-state index in [1.807, 2.05) is 0 Å². The van der Waals surface area contributed by atoms with E-state index in [4.69, 9.17) is 44.3 Å². The van der Waals surface area contributed by atoms with Crippen LogP contribution in [0.4, 0.5) is 13.2 Å². The number of carbonyl (C=O) groups is 1.